The van der Waals surface area contributed by atoms with Crippen molar-refractivity contribution < 1.29 is 13.2 Å². The molecule has 3 atom stereocenters. The summed E-state index contributed by atoms with van der Waals surface area (Å²) in [6.07, 6.45) is 0.686. The third kappa shape index (κ3) is 3.45. The van der Waals surface area contributed by atoms with Gasteiger partial charge in [0.05, 0.1) is 11.1 Å². The molecule has 2 fully saturated rings. The summed E-state index contributed by atoms with van der Waals surface area (Å²) in [6.45, 7) is 1.87. The molecule has 29 heavy (non-hydrogen) atoms. The van der Waals surface area contributed by atoms with Crippen LogP contribution in [0.2, 0.25) is 0 Å². The Labute approximate surface area is 167 Å². The maximum Gasteiger partial charge on any atom is 0.416 e. The van der Waals surface area contributed by atoms with Gasteiger partial charge in [-0.2, -0.15) is 13.2 Å². The first-order valence-corrected chi connectivity index (χ1v) is 10.1. The summed E-state index contributed by atoms with van der Waals surface area (Å²) in [5, 5.41) is 4.49. The summed E-state index contributed by atoms with van der Waals surface area (Å²) in [7, 11) is 0. The predicted octanol–water partition coefficient (Wildman–Crippen LogP) is 6.22. The molecule has 0 spiro atoms. The van der Waals surface area contributed by atoms with Crippen molar-refractivity contribution in [2.24, 2.45) is 11.8 Å². The van der Waals surface area contributed by atoms with E-state index in [1.807, 2.05) is 25.1 Å². The minimum Gasteiger partial charge on any atom is -0.366 e. The second-order valence-corrected chi connectivity index (χ2v) is 8.36. The van der Waals surface area contributed by atoms with E-state index in [1.54, 1.807) is 6.07 Å². The van der Waals surface area contributed by atoms with Crippen LogP contribution in [0.15, 0.2) is 42.5 Å². The van der Waals surface area contributed by atoms with Gasteiger partial charge in [-0.15, -0.1) is 0 Å². The Morgan fingerprint density at radius 3 is 2.52 bits per heavy atom. The molecule has 0 aliphatic heterocycles. The van der Waals surface area contributed by atoms with E-state index in [9.17, 15) is 13.2 Å². The maximum atomic E-state index is 13.1. The first kappa shape index (κ1) is 18.4. The van der Waals surface area contributed by atoms with E-state index in [0.717, 1.165) is 34.3 Å². The molecule has 2 aliphatic rings. The van der Waals surface area contributed by atoms with Gasteiger partial charge in [0.25, 0.3) is 0 Å². The SMILES string of the molecule is Cc1nc(N[C@@H]2C[C@H]3CC[C@@H]2C3)c2cc(-c3cccc(C(F)(F)F)c3)ccc2n1. The highest BCUT2D eigenvalue weighted by atomic mass is 19.4. The maximum absolute atomic E-state index is 13.1. The summed E-state index contributed by atoms with van der Waals surface area (Å²) < 4.78 is 39.3. The van der Waals surface area contributed by atoms with Crippen LogP contribution in [0.25, 0.3) is 22.0 Å². The first-order valence-electron chi connectivity index (χ1n) is 10.1. The summed E-state index contributed by atoms with van der Waals surface area (Å²) in [5.74, 6) is 2.98. The molecule has 150 valence electrons. The molecule has 2 bridgehead atoms. The van der Waals surface area contributed by atoms with Crippen LogP contribution in [0, 0.1) is 18.8 Å². The Bertz CT molecular complexity index is 1080. The number of alkyl halides is 3. The summed E-state index contributed by atoms with van der Waals surface area (Å²) >= 11 is 0. The molecule has 0 unspecified atom stereocenters. The first-order chi connectivity index (χ1) is 13.9. The number of anilines is 1. The molecule has 1 heterocycles. The molecule has 2 aromatic carbocycles. The van der Waals surface area contributed by atoms with Gasteiger partial charge >= 0.3 is 6.18 Å². The number of nitrogens with one attached hydrogen (secondary N) is 1. The van der Waals surface area contributed by atoms with E-state index in [-0.39, 0.29) is 0 Å². The van der Waals surface area contributed by atoms with Gasteiger partial charge in [0.1, 0.15) is 11.6 Å². The highest BCUT2D eigenvalue weighted by Crippen LogP contribution is 2.46. The smallest absolute Gasteiger partial charge is 0.366 e. The van der Waals surface area contributed by atoms with Crippen molar-refractivity contribution in [2.75, 3.05) is 5.32 Å². The highest BCUT2D eigenvalue weighted by molar-refractivity contribution is 5.92. The van der Waals surface area contributed by atoms with E-state index in [4.69, 9.17) is 0 Å². The van der Waals surface area contributed by atoms with Crippen molar-refractivity contribution in [3.63, 3.8) is 0 Å². The lowest BCUT2D eigenvalue weighted by atomic mass is 9.95. The number of rotatable bonds is 3. The lowest BCUT2D eigenvalue weighted by molar-refractivity contribution is -0.137. The fourth-order valence-corrected chi connectivity index (χ4v) is 5.01. The van der Waals surface area contributed by atoms with E-state index in [1.165, 1.54) is 37.8 Å². The van der Waals surface area contributed by atoms with Crippen LogP contribution in [0.5, 0.6) is 0 Å². The number of fused-ring (bicyclic) bond motifs is 3. The van der Waals surface area contributed by atoms with Crippen LogP contribution in [0.1, 0.15) is 37.1 Å². The van der Waals surface area contributed by atoms with Crippen molar-refractivity contribution >= 4 is 16.7 Å². The zero-order valence-electron chi connectivity index (χ0n) is 16.1. The Hall–Kier alpha value is -2.63. The molecule has 2 saturated carbocycles. The molecule has 6 heteroatoms. The largest absolute Gasteiger partial charge is 0.416 e. The molecule has 5 rings (SSSR count). The molecule has 3 nitrogen and oxygen atoms in total. The normalized spacial score (nSPS) is 23.7. The van der Waals surface area contributed by atoms with Crippen molar-refractivity contribution in [3.05, 3.63) is 53.9 Å². The standard InChI is InChI=1S/C23H22F3N3/c1-13-27-20-8-7-16(15-3-2-4-18(11-15)23(24,25)26)12-19(20)22(28-13)29-21-10-14-5-6-17(21)9-14/h2-4,7-8,11-12,14,17,21H,5-6,9-10H2,1H3,(H,27,28,29)/t14-,17+,21+/m0/s1. The lowest BCUT2D eigenvalue weighted by Crippen LogP contribution is -2.26. The Kier molecular flexibility index (Phi) is 4.26. The van der Waals surface area contributed by atoms with Gasteiger partial charge in [0.15, 0.2) is 0 Å². The van der Waals surface area contributed by atoms with Crippen molar-refractivity contribution in [2.45, 2.75) is 44.8 Å². The van der Waals surface area contributed by atoms with Crippen LogP contribution >= 0.6 is 0 Å². The van der Waals surface area contributed by atoms with Gasteiger partial charge in [-0.3, -0.25) is 0 Å². The summed E-state index contributed by atoms with van der Waals surface area (Å²) in [6, 6.07) is 11.5. The van der Waals surface area contributed by atoms with Crippen molar-refractivity contribution in [1.82, 2.24) is 9.97 Å². The number of hydrogen-bond donors (Lipinski definition) is 1. The Morgan fingerprint density at radius 1 is 0.966 bits per heavy atom. The number of halogens is 3. The minimum absolute atomic E-state index is 0.420. The summed E-state index contributed by atoms with van der Waals surface area (Å²) in [5.41, 5.74) is 1.43. The fraction of sp³-hybridized carbons (Fsp3) is 0.391. The summed E-state index contributed by atoms with van der Waals surface area (Å²) in [4.78, 5) is 9.16. The van der Waals surface area contributed by atoms with Crippen LogP contribution in [-0.4, -0.2) is 16.0 Å². The molecule has 0 saturated heterocycles. The Morgan fingerprint density at radius 2 is 1.79 bits per heavy atom. The van der Waals surface area contributed by atoms with Gasteiger partial charge in [0.2, 0.25) is 0 Å². The fourth-order valence-electron chi connectivity index (χ4n) is 5.01. The second kappa shape index (κ2) is 6.71. The monoisotopic (exact) mass is 397 g/mol. The van der Waals surface area contributed by atoms with Crippen LogP contribution in [0.4, 0.5) is 19.0 Å². The number of aryl methyl sites for hydroxylation is 1. The van der Waals surface area contributed by atoms with Crippen LogP contribution < -0.4 is 5.32 Å². The molecular weight excluding hydrogens is 375 g/mol. The topological polar surface area (TPSA) is 37.8 Å². The van der Waals surface area contributed by atoms with Gasteiger partial charge < -0.3 is 5.32 Å². The van der Waals surface area contributed by atoms with E-state index in [2.05, 4.69) is 15.3 Å². The number of nitrogens with zero attached hydrogens (tertiary/aromatic N) is 2. The molecule has 0 amide bonds. The quantitative estimate of drug-likeness (QED) is 0.570. The van der Waals surface area contributed by atoms with Crippen LogP contribution in [-0.2, 0) is 6.18 Å². The zero-order valence-corrected chi connectivity index (χ0v) is 16.1. The number of hydrogen-bond acceptors (Lipinski definition) is 3. The molecule has 1 aromatic heterocycles. The highest BCUT2D eigenvalue weighted by Gasteiger charge is 2.39. The third-order valence-electron chi connectivity index (χ3n) is 6.39. The van der Waals surface area contributed by atoms with Crippen LogP contribution in [0.3, 0.4) is 0 Å². The average molecular weight is 397 g/mol. The van der Waals surface area contributed by atoms with Gasteiger partial charge in [0, 0.05) is 11.4 Å². The van der Waals surface area contributed by atoms with E-state index >= 15 is 0 Å². The molecule has 3 aromatic rings. The average Bonchev–Trinajstić information content (AvgIpc) is 3.30. The van der Waals surface area contributed by atoms with Gasteiger partial charge in [-0.25, -0.2) is 9.97 Å². The lowest BCUT2D eigenvalue weighted by Gasteiger charge is -2.24. The minimum atomic E-state index is -4.36. The second-order valence-electron chi connectivity index (χ2n) is 8.36. The van der Waals surface area contributed by atoms with E-state index < -0.39 is 11.7 Å². The zero-order chi connectivity index (χ0) is 20.2. The van der Waals surface area contributed by atoms with Gasteiger partial charge in [-0.1, -0.05) is 24.6 Å². The van der Waals surface area contributed by atoms with Gasteiger partial charge in [-0.05, 0) is 73.4 Å². The van der Waals surface area contributed by atoms with Crippen molar-refractivity contribution in [3.8, 4) is 11.1 Å². The molecular formula is C23H22F3N3. The van der Waals surface area contributed by atoms with E-state index in [0.29, 0.717) is 23.3 Å². The molecule has 2 aliphatic carbocycles. The molecule has 1 N–H and O–H groups in total. The number of aromatic nitrogens is 2. The number of benzene rings is 2. The predicted molar refractivity (Wildman–Crippen MR) is 108 cm³/mol. The Balaban J connectivity index is 1.55. The molecule has 0 radical (unpaired) electrons. The third-order valence-corrected chi connectivity index (χ3v) is 6.39. The van der Waals surface area contributed by atoms with Crippen molar-refractivity contribution in [1.29, 1.82) is 0 Å².